The lowest BCUT2D eigenvalue weighted by Gasteiger charge is -2.31. The minimum absolute atomic E-state index is 0.0245. The maximum absolute atomic E-state index is 14.7. The molecule has 0 amide bonds. The average Bonchev–Trinajstić information content (AvgIpc) is 3.31. The molecular formula is C34H28B2F6N2O. The Morgan fingerprint density at radius 2 is 1.40 bits per heavy atom. The standard InChI is InChI=1S/C34H28B2F6N2O/c1-31(2,35)23-15-21-19-7-5-6-8-26(19)45-30(21)29(32(3,4)36)27(23)17-11-12-43-25(13-17)20-9-10-24-22(28(20)34(40,41)42)14-18(16-44-24)33(37,38)39/h5-16H,35-36H2,1-4H3. The van der Waals surface area contributed by atoms with E-state index in [0.29, 0.717) is 23.4 Å². The Balaban J connectivity index is 1.69. The van der Waals surface area contributed by atoms with Gasteiger partial charge in [0.2, 0.25) is 0 Å². The maximum Gasteiger partial charge on any atom is 0.417 e. The van der Waals surface area contributed by atoms with Crippen LogP contribution in [-0.4, -0.2) is 25.7 Å². The number of furan rings is 1. The fourth-order valence-corrected chi connectivity index (χ4v) is 6.07. The van der Waals surface area contributed by atoms with Crippen LogP contribution < -0.4 is 0 Å². The number of rotatable bonds is 4. The second-order valence-corrected chi connectivity index (χ2v) is 13.4. The van der Waals surface area contributed by atoms with Crippen LogP contribution in [0.15, 0.2) is 77.5 Å². The molecule has 6 aromatic rings. The number of aromatic nitrogens is 2. The Hall–Kier alpha value is -4.27. The molecule has 11 heteroatoms. The van der Waals surface area contributed by atoms with E-state index in [1.165, 1.54) is 18.3 Å². The molecule has 0 N–H and O–H groups in total. The maximum atomic E-state index is 14.7. The zero-order chi connectivity index (χ0) is 32.7. The molecule has 3 aromatic carbocycles. The number of benzene rings is 3. The van der Waals surface area contributed by atoms with Crippen LogP contribution in [-0.2, 0) is 23.0 Å². The molecule has 0 radical (unpaired) electrons. The molecule has 0 spiro atoms. The molecule has 0 atom stereocenters. The minimum Gasteiger partial charge on any atom is -0.456 e. The lowest BCUT2D eigenvalue weighted by Crippen LogP contribution is -2.24. The van der Waals surface area contributed by atoms with Crippen molar-refractivity contribution >= 4 is 48.5 Å². The van der Waals surface area contributed by atoms with Gasteiger partial charge in [0.05, 0.1) is 22.3 Å². The predicted molar refractivity (Wildman–Crippen MR) is 171 cm³/mol. The van der Waals surface area contributed by atoms with Crippen molar-refractivity contribution in [1.82, 2.24) is 9.97 Å². The van der Waals surface area contributed by atoms with Crippen LogP contribution in [0.1, 0.15) is 49.9 Å². The molecule has 0 aliphatic carbocycles. The van der Waals surface area contributed by atoms with E-state index in [0.717, 1.165) is 33.0 Å². The summed E-state index contributed by atoms with van der Waals surface area (Å²) in [6, 6.07) is 16.2. The van der Waals surface area contributed by atoms with Gasteiger partial charge in [0.1, 0.15) is 26.9 Å². The lowest BCUT2D eigenvalue weighted by molar-refractivity contribution is -0.139. The number of nitrogens with zero attached hydrogens (tertiary/aromatic N) is 2. The summed E-state index contributed by atoms with van der Waals surface area (Å²) in [5.41, 5.74) is 1.68. The fourth-order valence-electron chi connectivity index (χ4n) is 6.07. The summed E-state index contributed by atoms with van der Waals surface area (Å²) in [4.78, 5) is 8.00. The number of hydrogen-bond donors (Lipinski definition) is 0. The van der Waals surface area contributed by atoms with Gasteiger partial charge in [0, 0.05) is 39.7 Å². The fraction of sp³-hybridized carbons (Fsp3) is 0.235. The Morgan fingerprint density at radius 3 is 2.04 bits per heavy atom. The molecule has 228 valence electrons. The predicted octanol–water partition coefficient (Wildman–Crippen LogP) is 8.64. The van der Waals surface area contributed by atoms with Crippen LogP contribution in [0.2, 0.25) is 0 Å². The number of halogens is 6. The van der Waals surface area contributed by atoms with Gasteiger partial charge in [-0.25, -0.2) is 0 Å². The molecule has 0 saturated heterocycles. The Kier molecular flexibility index (Phi) is 6.92. The Morgan fingerprint density at radius 1 is 0.689 bits per heavy atom. The van der Waals surface area contributed by atoms with Crippen molar-refractivity contribution in [3.8, 4) is 22.4 Å². The van der Waals surface area contributed by atoms with Crippen molar-refractivity contribution in [1.29, 1.82) is 0 Å². The van der Waals surface area contributed by atoms with Crippen molar-refractivity contribution < 1.29 is 30.8 Å². The topological polar surface area (TPSA) is 38.9 Å². The molecule has 6 rings (SSSR count). The van der Waals surface area contributed by atoms with E-state index in [1.54, 1.807) is 12.1 Å². The van der Waals surface area contributed by atoms with Crippen molar-refractivity contribution in [3.63, 3.8) is 0 Å². The molecular weight excluding hydrogens is 588 g/mol. The summed E-state index contributed by atoms with van der Waals surface area (Å²) in [6.07, 6.45) is -7.88. The Labute approximate surface area is 257 Å². The smallest absolute Gasteiger partial charge is 0.417 e. The quantitative estimate of drug-likeness (QED) is 0.147. The normalized spacial score (nSPS) is 13.3. The largest absolute Gasteiger partial charge is 0.456 e. The van der Waals surface area contributed by atoms with Gasteiger partial charge in [-0.1, -0.05) is 52.0 Å². The van der Waals surface area contributed by atoms with Crippen LogP contribution in [0.5, 0.6) is 0 Å². The molecule has 0 bridgehead atoms. The first-order valence-corrected chi connectivity index (χ1v) is 14.4. The van der Waals surface area contributed by atoms with Gasteiger partial charge < -0.3 is 4.42 Å². The molecule has 0 aliphatic heterocycles. The number of fused-ring (bicyclic) bond motifs is 4. The first-order valence-electron chi connectivity index (χ1n) is 14.4. The zero-order valence-electron chi connectivity index (χ0n) is 25.5. The third-order valence-electron chi connectivity index (χ3n) is 8.03. The van der Waals surface area contributed by atoms with Crippen LogP contribution >= 0.6 is 0 Å². The van der Waals surface area contributed by atoms with Crippen LogP contribution in [0.4, 0.5) is 26.3 Å². The van der Waals surface area contributed by atoms with Crippen molar-refractivity contribution in [3.05, 3.63) is 95.3 Å². The number of alkyl halides is 6. The van der Waals surface area contributed by atoms with Gasteiger partial charge in [-0.05, 0) is 63.7 Å². The molecule has 0 aliphatic rings. The summed E-state index contributed by atoms with van der Waals surface area (Å²) < 4.78 is 91.0. The minimum atomic E-state index is -4.99. The molecule has 0 fully saturated rings. The third kappa shape index (κ3) is 5.36. The van der Waals surface area contributed by atoms with E-state index < -0.39 is 34.2 Å². The molecule has 3 nitrogen and oxygen atoms in total. The first kappa shape index (κ1) is 30.7. The van der Waals surface area contributed by atoms with Gasteiger partial charge in [0.15, 0.2) is 0 Å². The van der Waals surface area contributed by atoms with Gasteiger partial charge in [-0.2, -0.15) is 26.3 Å². The zero-order valence-corrected chi connectivity index (χ0v) is 25.5. The average molecular weight is 616 g/mol. The molecule has 0 saturated carbocycles. The van der Waals surface area contributed by atoms with Gasteiger partial charge in [-0.15, -0.1) is 0 Å². The van der Waals surface area contributed by atoms with E-state index in [4.69, 9.17) is 4.42 Å². The molecule has 3 aromatic heterocycles. The highest BCUT2D eigenvalue weighted by atomic mass is 19.4. The van der Waals surface area contributed by atoms with Crippen LogP contribution in [0.3, 0.4) is 0 Å². The second kappa shape index (κ2) is 10.1. The van der Waals surface area contributed by atoms with Crippen LogP contribution in [0, 0.1) is 0 Å². The van der Waals surface area contributed by atoms with Gasteiger partial charge >= 0.3 is 12.4 Å². The highest BCUT2D eigenvalue weighted by molar-refractivity contribution is 6.21. The van der Waals surface area contributed by atoms with E-state index in [1.807, 2.05) is 24.3 Å². The lowest BCUT2D eigenvalue weighted by atomic mass is 9.60. The monoisotopic (exact) mass is 616 g/mol. The van der Waals surface area contributed by atoms with Crippen LogP contribution in [0.25, 0.3) is 55.2 Å². The summed E-state index contributed by atoms with van der Waals surface area (Å²) in [5.74, 6) is 0. The van der Waals surface area contributed by atoms with E-state index >= 15 is 0 Å². The van der Waals surface area contributed by atoms with E-state index in [2.05, 4.69) is 59.4 Å². The Bertz CT molecular complexity index is 2120. The van der Waals surface area contributed by atoms with Crippen molar-refractivity contribution in [2.24, 2.45) is 0 Å². The summed E-state index contributed by atoms with van der Waals surface area (Å²) in [6.45, 7) is 8.27. The molecule has 0 unspecified atom stereocenters. The summed E-state index contributed by atoms with van der Waals surface area (Å²) >= 11 is 0. The van der Waals surface area contributed by atoms with Crippen molar-refractivity contribution in [2.75, 3.05) is 0 Å². The van der Waals surface area contributed by atoms with E-state index in [9.17, 15) is 26.3 Å². The number of pyridine rings is 2. The van der Waals surface area contributed by atoms with E-state index in [-0.39, 0.29) is 22.1 Å². The molecule has 45 heavy (non-hydrogen) atoms. The number of hydrogen-bond acceptors (Lipinski definition) is 3. The van der Waals surface area contributed by atoms with Crippen molar-refractivity contribution in [2.45, 2.75) is 50.7 Å². The summed E-state index contributed by atoms with van der Waals surface area (Å²) in [7, 11) is 4.13. The SMILES string of the molecule is BC(C)(C)c1cc2c(oc3ccccc32)c(C(B)(C)C)c1-c1ccnc(-c2ccc3ncc(C(F)(F)F)cc3c2C(F)(F)F)c1. The first-order chi connectivity index (χ1) is 20.9. The molecule has 3 heterocycles. The van der Waals surface area contributed by atoms with Gasteiger partial charge in [0.25, 0.3) is 0 Å². The summed E-state index contributed by atoms with van der Waals surface area (Å²) in [5, 5.41) is 0.428. The number of para-hydroxylation sites is 1. The second-order valence-electron chi connectivity index (χ2n) is 13.4. The highest BCUT2D eigenvalue weighted by Gasteiger charge is 2.39. The van der Waals surface area contributed by atoms with Gasteiger partial charge in [-0.3, -0.25) is 9.97 Å². The highest BCUT2D eigenvalue weighted by Crippen LogP contribution is 2.47. The third-order valence-corrected chi connectivity index (χ3v) is 8.03.